The molecule has 1 atom stereocenters. The lowest BCUT2D eigenvalue weighted by molar-refractivity contribution is 0.345. The zero-order chi connectivity index (χ0) is 13.7. The molecule has 5 heteroatoms. The smallest absolute Gasteiger partial charge is 0.132 e. The van der Waals surface area contributed by atoms with Gasteiger partial charge in [0.15, 0.2) is 0 Å². The zero-order valence-corrected chi connectivity index (χ0v) is 13.4. The first-order valence-electron chi connectivity index (χ1n) is 7.21. The SMILES string of the molecule is CCCc1nc(Br)cc(NCC2CCN(CC)C2)n1. The maximum atomic E-state index is 4.56. The van der Waals surface area contributed by atoms with Crippen LogP contribution in [0.3, 0.4) is 0 Å². The fourth-order valence-corrected chi connectivity index (χ4v) is 2.93. The number of halogens is 1. The summed E-state index contributed by atoms with van der Waals surface area (Å²) in [6.07, 6.45) is 3.29. The van der Waals surface area contributed by atoms with Crippen molar-refractivity contribution in [1.82, 2.24) is 14.9 Å². The van der Waals surface area contributed by atoms with Gasteiger partial charge in [-0.15, -0.1) is 0 Å². The monoisotopic (exact) mass is 326 g/mol. The van der Waals surface area contributed by atoms with Gasteiger partial charge in [-0.05, 0) is 47.8 Å². The quantitative estimate of drug-likeness (QED) is 0.816. The summed E-state index contributed by atoms with van der Waals surface area (Å²) in [5.41, 5.74) is 0. The molecule has 1 saturated heterocycles. The van der Waals surface area contributed by atoms with Gasteiger partial charge in [0.25, 0.3) is 0 Å². The molecule has 1 aliphatic rings. The third kappa shape index (κ3) is 4.42. The molecule has 2 heterocycles. The van der Waals surface area contributed by atoms with E-state index in [9.17, 15) is 0 Å². The molecule has 0 saturated carbocycles. The summed E-state index contributed by atoms with van der Waals surface area (Å²) in [6, 6.07) is 1.96. The van der Waals surface area contributed by atoms with Gasteiger partial charge in [-0.2, -0.15) is 0 Å². The van der Waals surface area contributed by atoms with Crippen LogP contribution in [-0.2, 0) is 6.42 Å². The summed E-state index contributed by atoms with van der Waals surface area (Å²) in [7, 11) is 0. The molecule has 2 rings (SSSR count). The Morgan fingerprint density at radius 1 is 1.42 bits per heavy atom. The maximum Gasteiger partial charge on any atom is 0.132 e. The third-order valence-corrected chi connectivity index (χ3v) is 4.01. The van der Waals surface area contributed by atoms with Gasteiger partial charge in [-0.3, -0.25) is 0 Å². The van der Waals surface area contributed by atoms with Gasteiger partial charge in [0.05, 0.1) is 0 Å². The standard InChI is InChI=1S/C14H23BrN4/c1-3-5-13-17-12(15)8-14(18-13)16-9-11-6-7-19(4-2)10-11/h8,11H,3-7,9-10H2,1-2H3,(H,16,17,18). The molecule has 1 aromatic rings. The number of aromatic nitrogens is 2. The van der Waals surface area contributed by atoms with E-state index in [2.05, 4.69) is 50.0 Å². The lowest BCUT2D eigenvalue weighted by atomic mass is 10.1. The highest BCUT2D eigenvalue weighted by Crippen LogP contribution is 2.18. The highest BCUT2D eigenvalue weighted by Gasteiger charge is 2.20. The average molecular weight is 327 g/mol. The summed E-state index contributed by atoms with van der Waals surface area (Å²) in [6.45, 7) is 8.99. The van der Waals surface area contributed by atoms with Crippen molar-refractivity contribution in [2.24, 2.45) is 5.92 Å². The molecule has 0 aliphatic carbocycles. The van der Waals surface area contributed by atoms with Crippen molar-refractivity contribution in [3.8, 4) is 0 Å². The Balaban J connectivity index is 1.88. The molecule has 1 fully saturated rings. The van der Waals surface area contributed by atoms with Gasteiger partial charge in [0.1, 0.15) is 16.2 Å². The number of anilines is 1. The zero-order valence-electron chi connectivity index (χ0n) is 11.8. The van der Waals surface area contributed by atoms with E-state index in [1.54, 1.807) is 0 Å². The average Bonchev–Trinajstić information content (AvgIpc) is 2.84. The number of nitrogens with zero attached hydrogens (tertiary/aromatic N) is 3. The van der Waals surface area contributed by atoms with E-state index in [1.807, 2.05) is 6.07 Å². The number of hydrogen-bond donors (Lipinski definition) is 1. The highest BCUT2D eigenvalue weighted by molar-refractivity contribution is 9.10. The minimum absolute atomic E-state index is 0.739. The van der Waals surface area contributed by atoms with Crippen molar-refractivity contribution in [2.75, 3.05) is 31.5 Å². The fraction of sp³-hybridized carbons (Fsp3) is 0.714. The summed E-state index contributed by atoms with van der Waals surface area (Å²) in [5, 5.41) is 3.46. The molecule has 1 N–H and O–H groups in total. The maximum absolute atomic E-state index is 4.56. The highest BCUT2D eigenvalue weighted by atomic mass is 79.9. The van der Waals surface area contributed by atoms with Crippen LogP contribution in [0.25, 0.3) is 0 Å². The van der Waals surface area contributed by atoms with Crippen LogP contribution in [0.2, 0.25) is 0 Å². The van der Waals surface area contributed by atoms with Gasteiger partial charge in [-0.1, -0.05) is 13.8 Å². The van der Waals surface area contributed by atoms with Crippen LogP contribution in [0.1, 0.15) is 32.5 Å². The Hall–Kier alpha value is -0.680. The lowest BCUT2D eigenvalue weighted by Crippen LogP contribution is -2.22. The Morgan fingerprint density at radius 2 is 2.26 bits per heavy atom. The molecule has 0 radical (unpaired) electrons. The van der Waals surface area contributed by atoms with Crippen LogP contribution in [0.5, 0.6) is 0 Å². The second kappa shape index (κ2) is 7.20. The number of rotatable bonds is 6. The molecule has 1 unspecified atom stereocenters. The number of nitrogens with one attached hydrogen (secondary N) is 1. The molecule has 106 valence electrons. The van der Waals surface area contributed by atoms with E-state index in [1.165, 1.54) is 19.5 Å². The Labute approximate surface area is 124 Å². The van der Waals surface area contributed by atoms with Crippen LogP contribution in [0, 0.1) is 5.92 Å². The summed E-state index contributed by atoms with van der Waals surface area (Å²) in [5.74, 6) is 2.60. The van der Waals surface area contributed by atoms with Gasteiger partial charge < -0.3 is 10.2 Å². The summed E-state index contributed by atoms with van der Waals surface area (Å²) in [4.78, 5) is 11.4. The van der Waals surface area contributed by atoms with E-state index in [-0.39, 0.29) is 0 Å². The van der Waals surface area contributed by atoms with Crippen molar-refractivity contribution in [2.45, 2.75) is 33.1 Å². The molecule has 0 amide bonds. The van der Waals surface area contributed by atoms with E-state index in [0.717, 1.165) is 48.1 Å². The molecular weight excluding hydrogens is 304 g/mol. The van der Waals surface area contributed by atoms with Crippen LogP contribution in [-0.4, -0.2) is 41.0 Å². The van der Waals surface area contributed by atoms with Crippen molar-refractivity contribution in [3.05, 3.63) is 16.5 Å². The Bertz CT molecular complexity index is 410. The van der Waals surface area contributed by atoms with E-state index in [4.69, 9.17) is 0 Å². The van der Waals surface area contributed by atoms with Gasteiger partial charge in [-0.25, -0.2) is 9.97 Å². The van der Waals surface area contributed by atoms with Crippen molar-refractivity contribution >= 4 is 21.7 Å². The lowest BCUT2D eigenvalue weighted by Gasteiger charge is -2.14. The predicted octanol–water partition coefficient (Wildman–Crippen LogP) is 2.95. The van der Waals surface area contributed by atoms with Crippen LogP contribution >= 0.6 is 15.9 Å². The Kier molecular flexibility index (Phi) is 5.58. The second-order valence-corrected chi connectivity index (χ2v) is 5.98. The second-order valence-electron chi connectivity index (χ2n) is 5.17. The first-order valence-corrected chi connectivity index (χ1v) is 8.00. The number of hydrogen-bond acceptors (Lipinski definition) is 4. The molecule has 4 nitrogen and oxygen atoms in total. The number of aryl methyl sites for hydroxylation is 1. The molecule has 0 spiro atoms. The molecule has 0 aromatic carbocycles. The topological polar surface area (TPSA) is 41.1 Å². The van der Waals surface area contributed by atoms with Crippen LogP contribution < -0.4 is 5.32 Å². The fourth-order valence-electron chi connectivity index (χ4n) is 2.51. The number of likely N-dealkylation sites (tertiary alicyclic amines) is 1. The largest absolute Gasteiger partial charge is 0.370 e. The van der Waals surface area contributed by atoms with E-state index >= 15 is 0 Å². The molecule has 1 aliphatic heterocycles. The minimum Gasteiger partial charge on any atom is -0.370 e. The molecule has 0 bridgehead atoms. The molecule has 1 aromatic heterocycles. The first kappa shape index (κ1) is 14.7. The third-order valence-electron chi connectivity index (χ3n) is 3.60. The van der Waals surface area contributed by atoms with E-state index < -0.39 is 0 Å². The van der Waals surface area contributed by atoms with Gasteiger partial charge in [0.2, 0.25) is 0 Å². The predicted molar refractivity (Wildman–Crippen MR) is 82.4 cm³/mol. The summed E-state index contributed by atoms with van der Waals surface area (Å²) >= 11 is 3.46. The van der Waals surface area contributed by atoms with Crippen LogP contribution in [0.4, 0.5) is 5.82 Å². The molecular formula is C14H23BrN4. The van der Waals surface area contributed by atoms with Crippen molar-refractivity contribution < 1.29 is 0 Å². The first-order chi connectivity index (χ1) is 9.21. The molecule has 19 heavy (non-hydrogen) atoms. The van der Waals surface area contributed by atoms with Gasteiger partial charge in [0, 0.05) is 25.6 Å². The summed E-state index contributed by atoms with van der Waals surface area (Å²) < 4.78 is 0.870. The van der Waals surface area contributed by atoms with Crippen molar-refractivity contribution in [3.63, 3.8) is 0 Å². The van der Waals surface area contributed by atoms with Gasteiger partial charge >= 0.3 is 0 Å². The Morgan fingerprint density at radius 3 is 2.95 bits per heavy atom. The van der Waals surface area contributed by atoms with Crippen molar-refractivity contribution in [1.29, 1.82) is 0 Å². The van der Waals surface area contributed by atoms with Crippen LogP contribution in [0.15, 0.2) is 10.7 Å². The van der Waals surface area contributed by atoms with E-state index in [0.29, 0.717) is 0 Å². The minimum atomic E-state index is 0.739. The normalized spacial score (nSPS) is 19.8.